The average molecular weight is 244 g/mol. The minimum atomic E-state index is 0.161. The maximum absolute atomic E-state index is 8.96. The number of hydrogen-bond acceptors (Lipinski definition) is 2. The molecule has 0 aliphatic rings. The van der Waals surface area contributed by atoms with Crippen LogP contribution in [-0.2, 0) is 6.42 Å². The minimum Gasteiger partial charge on any atom is -0.305 e. The maximum atomic E-state index is 8.96. The van der Waals surface area contributed by atoms with Crippen LogP contribution in [0.15, 0.2) is 18.2 Å². The summed E-state index contributed by atoms with van der Waals surface area (Å²) >= 11 is 0. The molecule has 2 nitrogen and oxygen atoms in total. The zero-order valence-corrected chi connectivity index (χ0v) is 12.0. The van der Waals surface area contributed by atoms with Crippen molar-refractivity contribution in [2.75, 3.05) is 20.1 Å². The summed E-state index contributed by atoms with van der Waals surface area (Å²) in [6, 6.07) is 8.98. The Hall–Kier alpha value is -1.33. The van der Waals surface area contributed by atoms with Crippen LogP contribution in [0.3, 0.4) is 0 Å². The van der Waals surface area contributed by atoms with E-state index in [0.717, 1.165) is 25.9 Å². The SMILES string of the molecule is CCC(C#N)CN(C)CCc1cc(C)ccc1C. The van der Waals surface area contributed by atoms with Gasteiger partial charge in [0, 0.05) is 13.1 Å². The van der Waals surface area contributed by atoms with Crippen LogP contribution < -0.4 is 0 Å². The highest BCUT2D eigenvalue weighted by Gasteiger charge is 2.09. The van der Waals surface area contributed by atoms with Gasteiger partial charge in [0.2, 0.25) is 0 Å². The lowest BCUT2D eigenvalue weighted by Crippen LogP contribution is -2.27. The zero-order chi connectivity index (χ0) is 13.5. The van der Waals surface area contributed by atoms with Crippen molar-refractivity contribution < 1.29 is 0 Å². The zero-order valence-electron chi connectivity index (χ0n) is 12.0. The fourth-order valence-corrected chi connectivity index (χ4v) is 2.11. The van der Waals surface area contributed by atoms with E-state index >= 15 is 0 Å². The number of nitriles is 1. The smallest absolute Gasteiger partial charge is 0.0669 e. The summed E-state index contributed by atoms with van der Waals surface area (Å²) in [5, 5.41) is 8.96. The van der Waals surface area contributed by atoms with Gasteiger partial charge in [0.1, 0.15) is 0 Å². The molecule has 0 amide bonds. The Bertz CT molecular complexity index is 418. The van der Waals surface area contributed by atoms with Gasteiger partial charge in [0.25, 0.3) is 0 Å². The van der Waals surface area contributed by atoms with E-state index < -0.39 is 0 Å². The van der Waals surface area contributed by atoms with Crippen LogP contribution in [-0.4, -0.2) is 25.0 Å². The van der Waals surface area contributed by atoms with Gasteiger partial charge >= 0.3 is 0 Å². The molecule has 0 heterocycles. The van der Waals surface area contributed by atoms with Crippen molar-refractivity contribution in [3.63, 3.8) is 0 Å². The maximum Gasteiger partial charge on any atom is 0.0669 e. The Morgan fingerprint density at radius 2 is 2.06 bits per heavy atom. The summed E-state index contributed by atoms with van der Waals surface area (Å²) in [6.45, 7) is 8.26. The Balaban J connectivity index is 2.50. The number of aryl methyl sites for hydroxylation is 2. The molecule has 18 heavy (non-hydrogen) atoms. The van der Waals surface area contributed by atoms with Crippen LogP contribution >= 0.6 is 0 Å². The topological polar surface area (TPSA) is 27.0 Å². The van der Waals surface area contributed by atoms with Crippen molar-refractivity contribution >= 4 is 0 Å². The van der Waals surface area contributed by atoms with E-state index in [2.05, 4.69) is 57.0 Å². The fraction of sp³-hybridized carbons (Fsp3) is 0.562. The molecule has 98 valence electrons. The standard InChI is InChI=1S/C16H24N2/c1-5-15(11-17)12-18(4)9-8-16-10-13(2)6-7-14(16)3/h6-7,10,15H,5,8-9,12H2,1-4H3. The van der Waals surface area contributed by atoms with E-state index in [4.69, 9.17) is 5.26 Å². The summed E-state index contributed by atoms with van der Waals surface area (Å²) < 4.78 is 0. The van der Waals surface area contributed by atoms with E-state index in [0.29, 0.717) is 0 Å². The molecule has 1 atom stereocenters. The van der Waals surface area contributed by atoms with Crippen molar-refractivity contribution in [2.24, 2.45) is 5.92 Å². The van der Waals surface area contributed by atoms with E-state index in [-0.39, 0.29) is 5.92 Å². The third-order valence-electron chi connectivity index (χ3n) is 3.47. The number of rotatable bonds is 6. The molecule has 0 N–H and O–H groups in total. The molecule has 0 fully saturated rings. The van der Waals surface area contributed by atoms with Crippen molar-refractivity contribution in [3.05, 3.63) is 34.9 Å². The van der Waals surface area contributed by atoms with Crippen molar-refractivity contribution in [1.29, 1.82) is 5.26 Å². The molecule has 1 unspecified atom stereocenters. The minimum absolute atomic E-state index is 0.161. The molecule has 1 aromatic carbocycles. The molecule has 0 aliphatic carbocycles. The number of nitrogens with zero attached hydrogens (tertiary/aromatic N) is 2. The normalized spacial score (nSPS) is 12.4. The third-order valence-corrected chi connectivity index (χ3v) is 3.47. The summed E-state index contributed by atoms with van der Waals surface area (Å²) in [7, 11) is 2.10. The highest BCUT2D eigenvalue weighted by Crippen LogP contribution is 2.12. The Kier molecular flexibility index (Phi) is 5.88. The van der Waals surface area contributed by atoms with Gasteiger partial charge in [-0.05, 0) is 44.9 Å². The molecule has 0 spiro atoms. The van der Waals surface area contributed by atoms with Crippen LogP contribution in [0.4, 0.5) is 0 Å². The van der Waals surface area contributed by atoms with Crippen LogP contribution in [0, 0.1) is 31.1 Å². The number of benzene rings is 1. The number of hydrogen-bond donors (Lipinski definition) is 0. The van der Waals surface area contributed by atoms with E-state index in [9.17, 15) is 0 Å². The molecule has 0 aromatic heterocycles. The molecule has 0 aliphatic heterocycles. The highest BCUT2D eigenvalue weighted by atomic mass is 15.1. The van der Waals surface area contributed by atoms with Gasteiger partial charge in [-0.2, -0.15) is 5.26 Å². The first-order chi connectivity index (χ1) is 8.56. The van der Waals surface area contributed by atoms with Gasteiger partial charge in [-0.25, -0.2) is 0 Å². The molecule has 0 saturated heterocycles. The van der Waals surface area contributed by atoms with Crippen LogP contribution in [0.1, 0.15) is 30.0 Å². The fourth-order valence-electron chi connectivity index (χ4n) is 2.11. The third kappa shape index (κ3) is 4.50. The van der Waals surface area contributed by atoms with Crippen molar-refractivity contribution in [3.8, 4) is 6.07 Å². The lowest BCUT2D eigenvalue weighted by Gasteiger charge is -2.19. The molecule has 0 bridgehead atoms. The molecule has 0 saturated carbocycles. The van der Waals surface area contributed by atoms with Crippen molar-refractivity contribution in [2.45, 2.75) is 33.6 Å². The Labute approximate surface area is 111 Å². The monoisotopic (exact) mass is 244 g/mol. The van der Waals surface area contributed by atoms with Crippen LogP contribution in [0.5, 0.6) is 0 Å². The lowest BCUT2D eigenvalue weighted by atomic mass is 10.0. The Morgan fingerprint density at radius 3 is 2.67 bits per heavy atom. The molecule has 2 heteroatoms. The van der Waals surface area contributed by atoms with Gasteiger partial charge in [-0.15, -0.1) is 0 Å². The average Bonchev–Trinajstić information content (AvgIpc) is 2.37. The second-order valence-electron chi connectivity index (χ2n) is 5.18. The second-order valence-corrected chi connectivity index (χ2v) is 5.18. The van der Waals surface area contributed by atoms with Gasteiger partial charge in [-0.3, -0.25) is 0 Å². The first-order valence-corrected chi connectivity index (χ1v) is 6.71. The molecular formula is C16H24N2. The molecular weight excluding hydrogens is 220 g/mol. The van der Waals surface area contributed by atoms with E-state index in [1.54, 1.807) is 0 Å². The summed E-state index contributed by atoms with van der Waals surface area (Å²) in [5.41, 5.74) is 4.11. The van der Waals surface area contributed by atoms with Crippen LogP contribution in [0.25, 0.3) is 0 Å². The lowest BCUT2D eigenvalue weighted by molar-refractivity contribution is 0.303. The highest BCUT2D eigenvalue weighted by molar-refractivity contribution is 5.30. The van der Waals surface area contributed by atoms with E-state index in [1.807, 2.05) is 0 Å². The molecule has 1 rings (SSSR count). The number of likely N-dealkylation sites (N-methyl/N-ethyl adjacent to an activating group) is 1. The van der Waals surface area contributed by atoms with Crippen molar-refractivity contribution in [1.82, 2.24) is 4.90 Å². The van der Waals surface area contributed by atoms with Crippen LogP contribution in [0.2, 0.25) is 0 Å². The summed E-state index contributed by atoms with van der Waals surface area (Å²) in [4.78, 5) is 2.26. The summed E-state index contributed by atoms with van der Waals surface area (Å²) in [6.07, 6.45) is 2.00. The van der Waals surface area contributed by atoms with Gasteiger partial charge < -0.3 is 4.90 Å². The first kappa shape index (κ1) is 14.7. The van der Waals surface area contributed by atoms with E-state index in [1.165, 1.54) is 16.7 Å². The quantitative estimate of drug-likeness (QED) is 0.767. The summed E-state index contributed by atoms with van der Waals surface area (Å²) in [5.74, 6) is 0.161. The molecule has 0 radical (unpaired) electrons. The van der Waals surface area contributed by atoms with Gasteiger partial charge in [0.15, 0.2) is 0 Å². The first-order valence-electron chi connectivity index (χ1n) is 6.71. The second kappa shape index (κ2) is 7.18. The van der Waals surface area contributed by atoms with Gasteiger partial charge in [-0.1, -0.05) is 30.7 Å². The largest absolute Gasteiger partial charge is 0.305 e. The molecule has 1 aromatic rings. The van der Waals surface area contributed by atoms with Gasteiger partial charge in [0.05, 0.1) is 12.0 Å². The Morgan fingerprint density at radius 1 is 1.33 bits per heavy atom. The predicted octanol–water partition coefficient (Wildman–Crippen LogP) is 3.33. The predicted molar refractivity (Wildman–Crippen MR) is 76.5 cm³/mol.